The highest BCUT2D eigenvalue weighted by Crippen LogP contribution is 2.33. The first-order valence-corrected chi connectivity index (χ1v) is 8.46. The van der Waals surface area contributed by atoms with Crippen molar-refractivity contribution in [1.29, 1.82) is 0 Å². The maximum absolute atomic E-state index is 12.0. The lowest BCUT2D eigenvalue weighted by Crippen LogP contribution is -2.27. The molecule has 24 heavy (non-hydrogen) atoms. The van der Waals surface area contributed by atoms with Crippen LogP contribution in [0.25, 0.3) is 22.6 Å². The van der Waals surface area contributed by atoms with E-state index >= 15 is 0 Å². The lowest BCUT2D eigenvalue weighted by molar-refractivity contribution is -0.122. The standard InChI is InChI=1S/C19H17ClN2O2/c1-11-5-8-17-16(9-11)22-19(24-17)14-7-6-13(10-15(14)20)21-18(23)12-3-2-4-12/h5-10,12H,2-4H2,1H3,(H,21,23). The Balaban J connectivity index is 1.61. The Morgan fingerprint density at radius 1 is 1.25 bits per heavy atom. The lowest BCUT2D eigenvalue weighted by Gasteiger charge is -2.24. The second-order valence-corrected chi connectivity index (χ2v) is 6.71. The van der Waals surface area contributed by atoms with Crippen molar-refractivity contribution in [2.75, 3.05) is 5.32 Å². The number of aryl methyl sites for hydroxylation is 1. The third-order valence-corrected chi connectivity index (χ3v) is 4.80. The van der Waals surface area contributed by atoms with Crippen LogP contribution in [0.3, 0.4) is 0 Å². The second kappa shape index (κ2) is 5.95. The molecule has 0 spiro atoms. The topological polar surface area (TPSA) is 55.1 Å². The van der Waals surface area contributed by atoms with Crippen molar-refractivity contribution in [2.24, 2.45) is 5.92 Å². The minimum Gasteiger partial charge on any atom is -0.436 e. The predicted octanol–water partition coefficient (Wildman–Crippen LogP) is 5.20. The van der Waals surface area contributed by atoms with E-state index in [1.807, 2.05) is 37.3 Å². The van der Waals surface area contributed by atoms with Gasteiger partial charge in [0.25, 0.3) is 0 Å². The minimum absolute atomic E-state index is 0.0717. The normalized spacial score (nSPS) is 14.6. The quantitative estimate of drug-likeness (QED) is 0.713. The van der Waals surface area contributed by atoms with Gasteiger partial charge in [0, 0.05) is 11.6 Å². The van der Waals surface area contributed by atoms with Crippen LogP contribution in [0.5, 0.6) is 0 Å². The zero-order valence-electron chi connectivity index (χ0n) is 13.3. The van der Waals surface area contributed by atoms with E-state index in [9.17, 15) is 4.79 Å². The molecule has 0 saturated heterocycles. The highest BCUT2D eigenvalue weighted by atomic mass is 35.5. The molecule has 2 aromatic carbocycles. The summed E-state index contributed by atoms with van der Waals surface area (Å²) in [5.74, 6) is 0.698. The van der Waals surface area contributed by atoms with E-state index in [-0.39, 0.29) is 11.8 Å². The first-order chi connectivity index (χ1) is 11.6. The molecule has 4 rings (SSSR count). The van der Waals surface area contributed by atoms with Crippen molar-refractivity contribution < 1.29 is 9.21 Å². The number of carbonyl (C=O) groups is 1. The van der Waals surface area contributed by atoms with Gasteiger partial charge in [-0.05, 0) is 55.7 Å². The number of halogens is 1. The van der Waals surface area contributed by atoms with Gasteiger partial charge in [-0.15, -0.1) is 0 Å². The van der Waals surface area contributed by atoms with E-state index in [0.29, 0.717) is 22.2 Å². The van der Waals surface area contributed by atoms with Crippen LogP contribution in [0, 0.1) is 12.8 Å². The number of nitrogens with one attached hydrogen (secondary N) is 1. The van der Waals surface area contributed by atoms with Crippen LogP contribution >= 0.6 is 11.6 Å². The summed E-state index contributed by atoms with van der Waals surface area (Å²) in [6.07, 6.45) is 3.08. The van der Waals surface area contributed by atoms with E-state index in [1.54, 1.807) is 6.07 Å². The van der Waals surface area contributed by atoms with E-state index < -0.39 is 0 Å². The molecule has 0 radical (unpaired) electrons. The number of oxazole rings is 1. The molecule has 4 nitrogen and oxygen atoms in total. The molecule has 1 aliphatic rings. The maximum atomic E-state index is 12.0. The van der Waals surface area contributed by atoms with Gasteiger partial charge in [-0.1, -0.05) is 24.1 Å². The van der Waals surface area contributed by atoms with Gasteiger partial charge in [0.1, 0.15) is 5.52 Å². The Morgan fingerprint density at radius 3 is 2.79 bits per heavy atom. The molecule has 0 unspecified atom stereocenters. The number of aromatic nitrogens is 1. The molecule has 1 amide bonds. The maximum Gasteiger partial charge on any atom is 0.228 e. The molecule has 1 aromatic heterocycles. The van der Waals surface area contributed by atoms with Gasteiger partial charge in [0.15, 0.2) is 5.58 Å². The van der Waals surface area contributed by atoms with Crippen molar-refractivity contribution in [1.82, 2.24) is 4.98 Å². The summed E-state index contributed by atoms with van der Waals surface area (Å²) in [6, 6.07) is 11.3. The fraction of sp³-hybridized carbons (Fsp3) is 0.263. The third-order valence-electron chi connectivity index (χ3n) is 4.49. The Kier molecular flexibility index (Phi) is 3.77. The Morgan fingerprint density at radius 2 is 2.08 bits per heavy atom. The Hall–Kier alpha value is -2.33. The summed E-state index contributed by atoms with van der Waals surface area (Å²) < 4.78 is 5.79. The van der Waals surface area contributed by atoms with Gasteiger partial charge < -0.3 is 9.73 Å². The SMILES string of the molecule is Cc1ccc2oc(-c3ccc(NC(=O)C4CCC4)cc3Cl)nc2c1. The number of fused-ring (bicyclic) bond motifs is 1. The number of hydrogen-bond acceptors (Lipinski definition) is 3. The molecule has 1 saturated carbocycles. The minimum atomic E-state index is 0.0717. The summed E-state index contributed by atoms with van der Waals surface area (Å²) in [5.41, 5.74) is 4.08. The smallest absolute Gasteiger partial charge is 0.228 e. The summed E-state index contributed by atoms with van der Waals surface area (Å²) in [4.78, 5) is 16.5. The average molecular weight is 341 g/mol. The highest BCUT2D eigenvalue weighted by molar-refractivity contribution is 6.33. The van der Waals surface area contributed by atoms with Crippen LogP contribution in [0.1, 0.15) is 24.8 Å². The largest absolute Gasteiger partial charge is 0.436 e. The van der Waals surface area contributed by atoms with Crippen LogP contribution in [0.4, 0.5) is 5.69 Å². The van der Waals surface area contributed by atoms with Gasteiger partial charge in [-0.3, -0.25) is 4.79 Å². The zero-order chi connectivity index (χ0) is 16.7. The number of anilines is 1. The van der Waals surface area contributed by atoms with Crippen LogP contribution in [-0.4, -0.2) is 10.9 Å². The first-order valence-electron chi connectivity index (χ1n) is 8.08. The van der Waals surface area contributed by atoms with Gasteiger partial charge in [-0.2, -0.15) is 0 Å². The summed E-state index contributed by atoms with van der Waals surface area (Å²) in [5, 5.41) is 3.43. The molecule has 1 fully saturated rings. The molecule has 122 valence electrons. The molecule has 3 aromatic rings. The zero-order valence-corrected chi connectivity index (χ0v) is 14.1. The van der Waals surface area contributed by atoms with Crippen LogP contribution in [0.2, 0.25) is 5.02 Å². The number of rotatable bonds is 3. The second-order valence-electron chi connectivity index (χ2n) is 6.30. The molecule has 1 N–H and O–H groups in total. The summed E-state index contributed by atoms with van der Waals surface area (Å²) >= 11 is 6.38. The van der Waals surface area contributed by atoms with Crippen LogP contribution in [0.15, 0.2) is 40.8 Å². The van der Waals surface area contributed by atoms with Gasteiger partial charge in [0.2, 0.25) is 11.8 Å². The number of carbonyl (C=O) groups excluding carboxylic acids is 1. The molecule has 1 heterocycles. The van der Waals surface area contributed by atoms with Gasteiger partial charge in [-0.25, -0.2) is 4.98 Å². The molecule has 1 aliphatic carbocycles. The monoisotopic (exact) mass is 340 g/mol. The number of amides is 1. The summed E-state index contributed by atoms with van der Waals surface area (Å²) in [6.45, 7) is 2.01. The molecule has 0 bridgehead atoms. The predicted molar refractivity (Wildman–Crippen MR) is 95.2 cm³/mol. The molecule has 0 aliphatic heterocycles. The Labute approximate surface area is 144 Å². The number of benzene rings is 2. The van der Waals surface area contributed by atoms with Gasteiger partial charge in [0.05, 0.1) is 10.6 Å². The highest BCUT2D eigenvalue weighted by Gasteiger charge is 2.25. The molecular formula is C19H17ClN2O2. The van der Waals surface area contributed by atoms with E-state index in [1.165, 1.54) is 0 Å². The van der Waals surface area contributed by atoms with E-state index in [0.717, 1.165) is 35.9 Å². The van der Waals surface area contributed by atoms with Crippen molar-refractivity contribution in [2.45, 2.75) is 26.2 Å². The number of hydrogen-bond donors (Lipinski definition) is 1. The van der Waals surface area contributed by atoms with E-state index in [4.69, 9.17) is 16.0 Å². The number of nitrogens with zero attached hydrogens (tertiary/aromatic N) is 1. The summed E-state index contributed by atoms with van der Waals surface area (Å²) in [7, 11) is 0. The first kappa shape index (κ1) is 15.2. The van der Waals surface area contributed by atoms with Crippen molar-refractivity contribution in [3.63, 3.8) is 0 Å². The average Bonchev–Trinajstić information content (AvgIpc) is 2.88. The fourth-order valence-electron chi connectivity index (χ4n) is 2.83. The molecule has 5 heteroatoms. The van der Waals surface area contributed by atoms with Crippen LogP contribution in [-0.2, 0) is 4.79 Å². The van der Waals surface area contributed by atoms with Gasteiger partial charge >= 0.3 is 0 Å². The van der Waals surface area contributed by atoms with Crippen molar-refractivity contribution in [3.05, 3.63) is 47.0 Å². The van der Waals surface area contributed by atoms with Crippen molar-refractivity contribution >= 4 is 34.3 Å². The van der Waals surface area contributed by atoms with Crippen molar-refractivity contribution in [3.8, 4) is 11.5 Å². The third kappa shape index (κ3) is 2.78. The van der Waals surface area contributed by atoms with E-state index in [2.05, 4.69) is 10.3 Å². The fourth-order valence-corrected chi connectivity index (χ4v) is 3.10. The lowest BCUT2D eigenvalue weighted by atomic mass is 9.85. The molecule has 0 atom stereocenters. The van der Waals surface area contributed by atoms with Crippen LogP contribution < -0.4 is 5.32 Å². The Bertz CT molecular complexity index is 928. The molecular weight excluding hydrogens is 324 g/mol.